The molecule has 1 aliphatic heterocycles. The summed E-state index contributed by atoms with van der Waals surface area (Å²) in [6.07, 6.45) is 4.62. The quantitative estimate of drug-likeness (QED) is 0.439. The average Bonchev–Trinajstić information content (AvgIpc) is 3.50. The molecular weight excluding hydrogens is 390 g/mol. The summed E-state index contributed by atoms with van der Waals surface area (Å²) in [4.78, 5) is 6.92. The van der Waals surface area contributed by atoms with Crippen molar-refractivity contribution in [3.8, 4) is 5.75 Å². The summed E-state index contributed by atoms with van der Waals surface area (Å²) < 4.78 is 11.2. The molecule has 1 aromatic heterocycles. The molecular formula is C24H37N5O2. The van der Waals surface area contributed by atoms with Crippen molar-refractivity contribution in [1.82, 2.24) is 20.7 Å². The van der Waals surface area contributed by atoms with Crippen molar-refractivity contribution in [3.05, 3.63) is 47.3 Å². The Bertz CT molecular complexity index is 825. The molecule has 1 saturated heterocycles. The van der Waals surface area contributed by atoms with Crippen LogP contribution in [-0.2, 0) is 6.54 Å². The van der Waals surface area contributed by atoms with E-state index in [2.05, 4.69) is 57.7 Å². The molecule has 0 radical (unpaired) electrons. The van der Waals surface area contributed by atoms with Gasteiger partial charge in [0.15, 0.2) is 11.7 Å². The second-order valence-corrected chi connectivity index (χ2v) is 8.04. The van der Waals surface area contributed by atoms with Gasteiger partial charge in [0.1, 0.15) is 5.75 Å². The van der Waals surface area contributed by atoms with Gasteiger partial charge in [-0.15, -0.1) is 0 Å². The van der Waals surface area contributed by atoms with E-state index in [9.17, 15) is 0 Å². The number of para-hydroxylation sites is 1. The Kier molecular flexibility index (Phi) is 8.76. The van der Waals surface area contributed by atoms with E-state index in [-0.39, 0.29) is 6.04 Å². The lowest BCUT2D eigenvalue weighted by Crippen LogP contribution is -2.42. The maximum Gasteiger partial charge on any atom is 0.191 e. The van der Waals surface area contributed by atoms with Crippen molar-refractivity contribution in [1.29, 1.82) is 0 Å². The third-order valence-electron chi connectivity index (χ3n) is 6.18. The summed E-state index contributed by atoms with van der Waals surface area (Å²) in [6, 6.07) is 10.6. The maximum absolute atomic E-state index is 5.64. The monoisotopic (exact) mass is 427 g/mol. The predicted molar refractivity (Wildman–Crippen MR) is 125 cm³/mol. The van der Waals surface area contributed by atoms with Crippen LogP contribution in [0.2, 0.25) is 0 Å². The van der Waals surface area contributed by atoms with Crippen LogP contribution in [0.15, 0.2) is 39.8 Å². The van der Waals surface area contributed by atoms with Crippen LogP contribution in [0.3, 0.4) is 0 Å². The fraction of sp³-hybridized carbons (Fsp3) is 0.583. The molecule has 1 unspecified atom stereocenters. The Morgan fingerprint density at radius 2 is 1.94 bits per heavy atom. The van der Waals surface area contributed by atoms with Gasteiger partial charge >= 0.3 is 0 Å². The first-order valence-corrected chi connectivity index (χ1v) is 11.5. The minimum Gasteiger partial charge on any atom is -0.496 e. The molecule has 1 aliphatic rings. The lowest BCUT2D eigenvalue weighted by atomic mass is 9.99. The maximum atomic E-state index is 5.64. The standard InChI is InChI=1S/C24H37N5O2/c1-5-18(6-2)21-15-19(31-28-21)16-26-24(25-3)27-17-22(29-13-9-10-14-29)20-11-7-8-12-23(20)30-4/h7-8,11-12,15,18,22H,5-6,9-10,13-14,16-17H2,1-4H3,(H2,25,26,27). The van der Waals surface area contributed by atoms with E-state index >= 15 is 0 Å². The van der Waals surface area contributed by atoms with Gasteiger partial charge in [0.05, 0.1) is 25.4 Å². The Labute approximate surface area is 186 Å². The number of nitrogens with one attached hydrogen (secondary N) is 2. The van der Waals surface area contributed by atoms with Gasteiger partial charge < -0.3 is 19.9 Å². The highest BCUT2D eigenvalue weighted by Gasteiger charge is 2.26. The van der Waals surface area contributed by atoms with Gasteiger partial charge in [-0.25, -0.2) is 0 Å². The Hall–Kier alpha value is -2.54. The minimum absolute atomic E-state index is 0.226. The zero-order valence-electron chi connectivity index (χ0n) is 19.4. The average molecular weight is 428 g/mol. The van der Waals surface area contributed by atoms with Crippen molar-refractivity contribution < 1.29 is 9.26 Å². The summed E-state index contributed by atoms with van der Waals surface area (Å²) in [7, 11) is 3.53. The van der Waals surface area contributed by atoms with E-state index in [1.165, 1.54) is 18.4 Å². The normalized spacial score (nSPS) is 16.0. The number of rotatable bonds is 10. The third-order valence-corrected chi connectivity index (χ3v) is 6.18. The van der Waals surface area contributed by atoms with Gasteiger partial charge in [0.25, 0.3) is 0 Å². The van der Waals surface area contributed by atoms with Crippen molar-refractivity contribution >= 4 is 5.96 Å². The second kappa shape index (κ2) is 11.7. The number of nitrogens with zero attached hydrogens (tertiary/aromatic N) is 3. The summed E-state index contributed by atoms with van der Waals surface area (Å²) in [6.45, 7) is 7.88. The zero-order chi connectivity index (χ0) is 22.1. The highest BCUT2D eigenvalue weighted by atomic mass is 16.5. The fourth-order valence-corrected chi connectivity index (χ4v) is 4.33. The topological polar surface area (TPSA) is 74.9 Å². The number of methoxy groups -OCH3 is 1. The van der Waals surface area contributed by atoms with Crippen LogP contribution < -0.4 is 15.4 Å². The van der Waals surface area contributed by atoms with E-state index < -0.39 is 0 Å². The summed E-state index contributed by atoms with van der Waals surface area (Å²) >= 11 is 0. The molecule has 1 aromatic carbocycles. The molecule has 1 atom stereocenters. The van der Waals surface area contributed by atoms with E-state index in [0.717, 1.165) is 55.6 Å². The van der Waals surface area contributed by atoms with Gasteiger partial charge in [0.2, 0.25) is 0 Å². The summed E-state index contributed by atoms with van der Waals surface area (Å²) in [5, 5.41) is 11.1. The van der Waals surface area contributed by atoms with Gasteiger partial charge in [-0.05, 0) is 44.8 Å². The van der Waals surface area contributed by atoms with Gasteiger partial charge in [-0.3, -0.25) is 9.89 Å². The van der Waals surface area contributed by atoms with E-state index in [4.69, 9.17) is 9.26 Å². The number of hydrogen-bond acceptors (Lipinski definition) is 5. The number of benzene rings is 1. The van der Waals surface area contributed by atoms with Gasteiger partial charge in [-0.1, -0.05) is 37.2 Å². The number of guanidine groups is 1. The van der Waals surface area contributed by atoms with Crippen LogP contribution in [0.4, 0.5) is 0 Å². The lowest BCUT2D eigenvalue weighted by molar-refractivity contribution is 0.239. The van der Waals surface area contributed by atoms with Crippen LogP contribution in [0, 0.1) is 0 Å². The molecule has 0 aliphatic carbocycles. The number of aliphatic imine (C=N–C) groups is 1. The number of hydrogen-bond donors (Lipinski definition) is 2. The SMILES string of the molecule is CCC(CC)c1cc(CNC(=NC)NCC(c2ccccc2OC)N2CCCC2)on1. The van der Waals surface area contributed by atoms with Crippen LogP contribution in [0.5, 0.6) is 5.75 Å². The van der Waals surface area contributed by atoms with Crippen LogP contribution in [-0.4, -0.2) is 49.8 Å². The highest BCUT2D eigenvalue weighted by molar-refractivity contribution is 5.79. The van der Waals surface area contributed by atoms with E-state index in [1.807, 2.05) is 12.1 Å². The smallest absolute Gasteiger partial charge is 0.191 e. The predicted octanol–water partition coefficient (Wildman–Crippen LogP) is 4.09. The Balaban J connectivity index is 1.62. The molecule has 170 valence electrons. The number of ether oxygens (including phenoxy) is 1. The molecule has 2 heterocycles. The fourth-order valence-electron chi connectivity index (χ4n) is 4.33. The first kappa shape index (κ1) is 23.1. The third kappa shape index (κ3) is 6.00. The molecule has 31 heavy (non-hydrogen) atoms. The van der Waals surface area contributed by atoms with Gasteiger partial charge in [0, 0.05) is 31.1 Å². The largest absolute Gasteiger partial charge is 0.496 e. The molecule has 2 aromatic rings. The van der Waals surface area contributed by atoms with Crippen LogP contribution in [0.25, 0.3) is 0 Å². The molecule has 7 nitrogen and oxygen atoms in total. The molecule has 0 bridgehead atoms. The second-order valence-electron chi connectivity index (χ2n) is 8.04. The van der Waals surface area contributed by atoms with Crippen molar-refractivity contribution in [2.45, 2.75) is 58.0 Å². The summed E-state index contributed by atoms with van der Waals surface area (Å²) in [5.41, 5.74) is 2.25. The molecule has 1 fully saturated rings. The molecule has 0 spiro atoms. The van der Waals surface area contributed by atoms with Crippen LogP contribution in [0.1, 0.15) is 68.5 Å². The lowest BCUT2D eigenvalue weighted by Gasteiger charge is -2.29. The molecule has 3 rings (SSSR count). The minimum atomic E-state index is 0.226. The number of aromatic nitrogens is 1. The number of likely N-dealkylation sites (tertiary alicyclic amines) is 1. The first-order chi connectivity index (χ1) is 15.2. The van der Waals surface area contributed by atoms with Crippen LogP contribution >= 0.6 is 0 Å². The van der Waals surface area contributed by atoms with E-state index in [0.29, 0.717) is 12.5 Å². The molecule has 0 saturated carbocycles. The first-order valence-electron chi connectivity index (χ1n) is 11.5. The Morgan fingerprint density at radius 3 is 2.61 bits per heavy atom. The summed E-state index contributed by atoms with van der Waals surface area (Å²) in [5.74, 6) is 2.96. The van der Waals surface area contributed by atoms with Crippen molar-refractivity contribution in [2.24, 2.45) is 4.99 Å². The molecule has 0 amide bonds. The van der Waals surface area contributed by atoms with Crippen molar-refractivity contribution in [2.75, 3.05) is 33.8 Å². The van der Waals surface area contributed by atoms with Crippen molar-refractivity contribution in [3.63, 3.8) is 0 Å². The van der Waals surface area contributed by atoms with Gasteiger partial charge in [-0.2, -0.15) is 0 Å². The molecule has 2 N–H and O–H groups in total. The highest BCUT2D eigenvalue weighted by Crippen LogP contribution is 2.31. The molecule has 7 heteroatoms. The van der Waals surface area contributed by atoms with E-state index in [1.54, 1.807) is 14.2 Å². The Morgan fingerprint density at radius 1 is 1.19 bits per heavy atom. The zero-order valence-corrected chi connectivity index (χ0v) is 19.4.